The molecule has 1 fully saturated rings. The van der Waals surface area contributed by atoms with Gasteiger partial charge in [-0.1, -0.05) is 12.1 Å². The molecule has 0 bridgehead atoms. The highest BCUT2D eigenvalue weighted by Gasteiger charge is 2.13. The van der Waals surface area contributed by atoms with Crippen molar-refractivity contribution in [1.29, 1.82) is 0 Å². The Hall–Kier alpha value is -0.860. The van der Waals surface area contributed by atoms with Gasteiger partial charge in [-0.15, -0.1) is 0 Å². The summed E-state index contributed by atoms with van der Waals surface area (Å²) in [6.45, 7) is 9.36. The summed E-state index contributed by atoms with van der Waals surface area (Å²) in [6, 6.07) is 5.05. The van der Waals surface area contributed by atoms with Crippen molar-refractivity contribution in [3.8, 4) is 0 Å². The summed E-state index contributed by atoms with van der Waals surface area (Å²) in [6.07, 6.45) is 2.32. The van der Waals surface area contributed by atoms with E-state index in [-0.39, 0.29) is 0 Å². The minimum absolute atomic E-state index is 0.532. The van der Waals surface area contributed by atoms with Crippen molar-refractivity contribution in [3.05, 3.63) is 34.4 Å². The van der Waals surface area contributed by atoms with Gasteiger partial charge in [0.05, 0.1) is 13.2 Å². The molecule has 2 rings (SSSR count). The second-order valence-electron chi connectivity index (χ2n) is 5.06. The zero-order chi connectivity index (χ0) is 12.3. The summed E-state index contributed by atoms with van der Waals surface area (Å²) < 4.78 is 5.48. The molecule has 1 aliphatic heterocycles. The van der Waals surface area contributed by atoms with E-state index < -0.39 is 0 Å². The Bertz CT molecular complexity index is 381. The minimum Gasteiger partial charge on any atom is -0.379 e. The van der Waals surface area contributed by atoms with Crippen LogP contribution in [0.2, 0.25) is 0 Å². The van der Waals surface area contributed by atoms with E-state index in [4.69, 9.17) is 4.74 Å². The van der Waals surface area contributed by atoms with Gasteiger partial charge in [-0.25, -0.2) is 0 Å². The van der Waals surface area contributed by atoms with E-state index in [0.717, 1.165) is 26.2 Å². The van der Waals surface area contributed by atoms with Crippen LogP contribution in [0, 0.1) is 20.8 Å². The SMILES string of the molecule is Cc1ccc(CCC2COCCN2)c(C)c1C. The number of morpholine rings is 1. The Morgan fingerprint density at radius 3 is 2.76 bits per heavy atom. The summed E-state index contributed by atoms with van der Waals surface area (Å²) in [5.41, 5.74) is 5.78. The van der Waals surface area contributed by atoms with Gasteiger partial charge in [0.2, 0.25) is 0 Å². The summed E-state index contributed by atoms with van der Waals surface area (Å²) in [5.74, 6) is 0. The van der Waals surface area contributed by atoms with Crippen LogP contribution in [0.15, 0.2) is 12.1 Å². The molecule has 2 heteroatoms. The number of aryl methyl sites for hydroxylation is 2. The van der Waals surface area contributed by atoms with Gasteiger partial charge in [0.15, 0.2) is 0 Å². The topological polar surface area (TPSA) is 21.3 Å². The second-order valence-corrected chi connectivity index (χ2v) is 5.06. The Morgan fingerprint density at radius 2 is 2.06 bits per heavy atom. The molecule has 1 N–H and O–H groups in total. The van der Waals surface area contributed by atoms with Crippen LogP contribution in [0.5, 0.6) is 0 Å². The number of rotatable bonds is 3. The molecule has 0 spiro atoms. The maximum Gasteiger partial charge on any atom is 0.0620 e. The van der Waals surface area contributed by atoms with E-state index >= 15 is 0 Å². The molecular weight excluding hydrogens is 210 g/mol. The summed E-state index contributed by atoms with van der Waals surface area (Å²) in [7, 11) is 0. The van der Waals surface area contributed by atoms with E-state index in [9.17, 15) is 0 Å². The molecule has 1 aliphatic rings. The van der Waals surface area contributed by atoms with Crippen molar-refractivity contribution in [2.24, 2.45) is 0 Å². The lowest BCUT2D eigenvalue weighted by Gasteiger charge is -2.24. The first kappa shape index (κ1) is 12.6. The molecular formula is C15H23NO. The molecule has 17 heavy (non-hydrogen) atoms. The molecule has 94 valence electrons. The van der Waals surface area contributed by atoms with Crippen LogP contribution in [0.4, 0.5) is 0 Å². The van der Waals surface area contributed by atoms with Gasteiger partial charge in [-0.3, -0.25) is 0 Å². The summed E-state index contributed by atoms with van der Waals surface area (Å²) in [4.78, 5) is 0. The van der Waals surface area contributed by atoms with Gasteiger partial charge < -0.3 is 10.1 Å². The van der Waals surface area contributed by atoms with E-state index in [1.54, 1.807) is 0 Å². The highest BCUT2D eigenvalue weighted by atomic mass is 16.5. The van der Waals surface area contributed by atoms with E-state index in [0.29, 0.717) is 6.04 Å². The molecule has 0 saturated carbocycles. The van der Waals surface area contributed by atoms with Crippen molar-refractivity contribution in [2.45, 2.75) is 39.7 Å². The second kappa shape index (κ2) is 5.65. The van der Waals surface area contributed by atoms with Crippen LogP contribution in [0.3, 0.4) is 0 Å². The fourth-order valence-electron chi connectivity index (χ4n) is 2.42. The van der Waals surface area contributed by atoms with E-state index in [1.165, 1.54) is 28.7 Å². The molecule has 0 radical (unpaired) electrons. The molecule has 1 aromatic carbocycles. The summed E-state index contributed by atoms with van der Waals surface area (Å²) >= 11 is 0. The maximum atomic E-state index is 5.48. The number of hydrogen-bond acceptors (Lipinski definition) is 2. The van der Waals surface area contributed by atoms with Crippen molar-refractivity contribution >= 4 is 0 Å². The number of ether oxygens (including phenoxy) is 1. The first-order valence-corrected chi connectivity index (χ1v) is 6.55. The maximum absolute atomic E-state index is 5.48. The molecule has 1 atom stereocenters. The van der Waals surface area contributed by atoms with Crippen molar-refractivity contribution < 1.29 is 4.74 Å². The quantitative estimate of drug-likeness (QED) is 0.866. The largest absolute Gasteiger partial charge is 0.379 e. The lowest BCUT2D eigenvalue weighted by Crippen LogP contribution is -2.41. The number of hydrogen-bond donors (Lipinski definition) is 1. The monoisotopic (exact) mass is 233 g/mol. The van der Waals surface area contributed by atoms with E-state index in [2.05, 4.69) is 38.2 Å². The fraction of sp³-hybridized carbons (Fsp3) is 0.600. The minimum atomic E-state index is 0.532. The van der Waals surface area contributed by atoms with Crippen LogP contribution in [0.1, 0.15) is 28.7 Å². The van der Waals surface area contributed by atoms with Gasteiger partial charge in [-0.2, -0.15) is 0 Å². The first-order chi connectivity index (χ1) is 8.18. The number of nitrogens with one attached hydrogen (secondary N) is 1. The molecule has 0 aliphatic carbocycles. The molecule has 0 amide bonds. The van der Waals surface area contributed by atoms with E-state index in [1.807, 2.05) is 0 Å². The highest BCUT2D eigenvalue weighted by molar-refractivity contribution is 5.38. The average Bonchev–Trinajstić information content (AvgIpc) is 2.36. The highest BCUT2D eigenvalue weighted by Crippen LogP contribution is 2.19. The van der Waals surface area contributed by atoms with Crippen LogP contribution in [-0.2, 0) is 11.2 Å². The molecule has 2 nitrogen and oxygen atoms in total. The third-order valence-corrected chi connectivity index (χ3v) is 3.93. The van der Waals surface area contributed by atoms with Crippen molar-refractivity contribution in [1.82, 2.24) is 5.32 Å². The Kier molecular flexibility index (Phi) is 4.19. The summed E-state index contributed by atoms with van der Waals surface area (Å²) in [5, 5.41) is 3.51. The van der Waals surface area contributed by atoms with Gasteiger partial charge in [0.1, 0.15) is 0 Å². The lowest BCUT2D eigenvalue weighted by atomic mass is 9.95. The number of benzene rings is 1. The van der Waals surface area contributed by atoms with Crippen LogP contribution < -0.4 is 5.32 Å². The molecule has 1 saturated heterocycles. The van der Waals surface area contributed by atoms with Crippen LogP contribution in [0.25, 0.3) is 0 Å². The van der Waals surface area contributed by atoms with Crippen molar-refractivity contribution in [3.63, 3.8) is 0 Å². The van der Waals surface area contributed by atoms with Crippen LogP contribution >= 0.6 is 0 Å². The molecule has 1 unspecified atom stereocenters. The Morgan fingerprint density at radius 1 is 1.24 bits per heavy atom. The third kappa shape index (κ3) is 3.08. The molecule has 1 aromatic rings. The Balaban J connectivity index is 1.96. The molecule has 1 heterocycles. The smallest absolute Gasteiger partial charge is 0.0620 e. The van der Waals surface area contributed by atoms with Crippen molar-refractivity contribution in [2.75, 3.05) is 19.8 Å². The zero-order valence-electron chi connectivity index (χ0n) is 11.2. The zero-order valence-corrected chi connectivity index (χ0v) is 11.2. The van der Waals surface area contributed by atoms with Gasteiger partial charge in [0.25, 0.3) is 0 Å². The molecule has 0 aromatic heterocycles. The Labute approximate surface area is 104 Å². The average molecular weight is 233 g/mol. The third-order valence-electron chi connectivity index (χ3n) is 3.93. The predicted octanol–water partition coefficient (Wildman–Crippen LogP) is 2.53. The van der Waals surface area contributed by atoms with Gasteiger partial charge in [0, 0.05) is 12.6 Å². The van der Waals surface area contributed by atoms with Gasteiger partial charge >= 0.3 is 0 Å². The fourth-order valence-corrected chi connectivity index (χ4v) is 2.42. The standard InChI is InChI=1S/C15H23NO/c1-11-4-5-14(13(3)12(11)2)6-7-15-10-17-9-8-16-15/h4-5,15-16H,6-10H2,1-3H3. The predicted molar refractivity (Wildman–Crippen MR) is 71.6 cm³/mol. The van der Waals surface area contributed by atoms with Gasteiger partial charge in [-0.05, 0) is 55.9 Å². The normalized spacial score (nSPS) is 20.5. The lowest BCUT2D eigenvalue weighted by molar-refractivity contribution is 0.0743. The van der Waals surface area contributed by atoms with Crippen LogP contribution in [-0.4, -0.2) is 25.8 Å². The first-order valence-electron chi connectivity index (χ1n) is 6.55.